The van der Waals surface area contributed by atoms with Crippen molar-refractivity contribution in [3.8, 4) is 5.75 Å². The van der Waals surface area contributed by atoms with Crippen molar-refractivity contribution < 1.29 is 4.74 Å². The molecule has 0 radical (unpaired) electrons. The lowest BCUT2D eigenvalue weighted by Gasteiger charge is -2.25. The number of benzene rings is 1. The van der Waals surface area contributed by atoms with E-state index < -0.39 is 0 Å². The summed E-state index contributed by atoms with van der Waals surface area (Å²) >= 11 is 0. The number of aromatic nitrogens is 1. The lowest BCUT2D eigenvalue weighted by molar-refractivity contribution is 0.320. The van der Waals surface area contributed by atoms with Crippen molar-refractivity contribution in [1.82, 2.24) is 4.57 Å². The molecule has 2 nitrogen and oxygen atoms in total. The van der Waals surface area contributed by atoms with Crippen LogP contribution in [-0.4, -0.2) is 11.7 Å². The van der Waals surface area contributed by atoms with Crippen molar-refractivity contribution >= 4 is 10.9 Å². The average Bonchev–Trinajstić information content (AvgIpc) is 3.00. The highest BCUT2D eigenvalue weighted by Gasteiger charge is 2.23. The fraction of sp³-hybridized carbons (Fsp3) is 0.636. The number of methoxy groups -OCH3 is 1. The molecule has 1 saturated carbocycles. The zero-order valence-electron chi connectivity index (χ0n) is 15.4. The lowest BCUT2D eigenvalue weighted by Crippen LogP contribution is -2.17. The van der Waals surface area contributed by atoms with Gasteiger partial charge in [-0.2, -0.15) is 0 Å². The van der Waals surface area contributed by atoms with Gasteiger partial charge in [0.05, 0.1) is 12.6 Å². The summed E-state index contributed by atoms with van der Waals surface area (Å²) in [6, 6.07) is 4.73. The van der Waals surface area contributed by atoms with Crippen LogP contribution >= 0.6 is 0 Å². The molecule has 2 aliphatic carbocycles. The molecule has 1 aromatic heterocycles. The van der Waals surface area contributed by atoms with Gasteiger partial charge in [0, 0.05) is 17.6 Å². The Morgan fingerprint density at radius 1 is 1.04 bits per heavy atom. The van der Waals surface area contributed by atoms with Crippen molar-refractivity contribution in [3.63, 3.8) is 0 Å². The molecule has 2 aromatic rings. The van der Waals surface area contributed by atoms with Crippen LogP contribution in [0.1, 0.15) is 68.7 Å². The van der Waals surface area contributed by atoms with Crippen LogP contribution < -0.4 is 4.74 Å². The second-order valence-corrected chi connectivity index (χ2v) is 7.79. The van der Waals surface area contributed by atoms with Gasteiger partial charge >= 0.3 is 0 Å². The minimum absolute atomic E-state index is 0.866. The van der Waals surface area contributed by atoms with Crippen molar-refractivity contribution in [2.24, 2.45) is 5.92 Å². The summed E-state index contributed by atoms with van der Waals surface area (Å²) in [4.78, 5) is 0. The summed E-state index contributed by atoms with van der Waals surface area (Å²) in [5, 5.41) is 1.35. The Morgan fingerprint density at radius 2 is 1.83 bits per heavy atom. The molecule has 2 heteroatoms. The zero-order valence-corrected chi connectivity index (χ0v) is 15.4. The molecule has 0 aliphatic heterocycles. The van der Waals surface area contributed by atoms with E-state index in [0.717, 1.165) is 18.1 Å². The van der Waals surface area contributed by atoms with E-state index in [2.05, 4.69) is 23.6 Å². The third-order valence-corrected chi connectivity index (χ3v) is 6.30. The molecular weight excluding hydrogens is 294 g/mol. The standard InChI is InChI=1S/C22H31NO/c1-3-18-14-20-21(24-2)13-17-11-7-8-12-19(17)22(20)23(18)15-16-9-5-4-6-10-16/h13-14,16H,3-12,15H2,1-2H3. The largest absolute Gasteiger partial charge is 0.496 e. The molecule has 0 saturated heterocycles. The van der Waals surface area contributed by atoms with E-state index in [1.165, 1.54) is 86.5 Å². The van der Waals surface area contributed by atoms with Crippen LogP contribution in [0.4, 0.5) is 0 Å². The maximum Gasteiger partial charge on any atom is 0.128 e. The highest BCUT2D eigenvalue weighted by molar-refractivity contribution is 5.91. The van der Waals surface area contributed by atoms with Gasteiger partial charge in [-0.15, -0.1) is 0 Å². The first-order valence-corrected chi connectivity index (χ1v) is 10.0. The monoisotopic (exact) mass is 325 g/mol. The zero-order chi connectivity index (χ0) is 16.5. The summed E-state index contributed by atoms with van der Waals surface area (Å²) in [6.07, 6.45) is 13.3. The van der Waals surface area contributed by atoms with Crippen molar-refractivity contribution in [1.29, 1.82) is 0 Å². The molecule has 0 bridgehead atoms. The summed E-state index contributed by atoms with van der Waals surface area (Å²) < 4.78 is 8.46. The highest BCUT2D eigenvalue weighted by Crippen LogP contribution is 2.39. The number of nitrogens with zero attached hydrogens (tertiary/aromatic N) is 1. The van der Waals surface area contributed by atoms with E-state index in [4.69, 9.17) is 4.74 Å². The molecule has 0 unspecified atom stereocenters. The van der Waals surface area contributed by atoms with E-state index in [9.17, 15) is 0 Å². The Bertz CT molecular complexity index is 721. The van der Waals surface area contributed by atoms with Crippen molar-refractivity contribution in [2.75, 3.05) is 7.11 Å². The summed E-state index contributed by atoms with van der Waals surface area (Å²) in [5.74, 6) is 1.95. The Hall–Kier alpha value is -1.44. The molecule has 0 atom stereocenters. The molecule has 1 fully saturated rings. The average molecular weight is 325 g/mol. The van der Waals surface area contributed by atoms with Gasteiger partial charge in [-0.05, 0) is 74.1 Å². The molecule has 2 aliphatic rings. The van der Waals surface area contributed by atoms with E-state index in [-0.39, 0.29) is 0 Å². The van der Waals surface area contributed by atoms with Crippen LogP contribution in [0.2, 0.25) is 0 Å². The molecular formula is C22H31NO. The van der Waals surface area contributed by atoms with Crippen LogP contribution in [0, 0.1) is 5.92 Å². The van der Waals surface area contributed by atoms with Crippen molar-refractivity contribution in [3.05, 3.63) is 29.0 Å². The van der Waals surface area contributed by atoms with E-state index in [1.54, 1.807) is 5.56 Å². The summed E-state index contributed by atoms with van der Waals surface area (Å²) in [6.45, 7) is 3.51. The SMILES string of the molecule is CCc1cc2c(OC)cc3c(c2n1CC1CCCCC1)CCCC3. The number of aryl methyl sites for hydroxylation is 3. The molecule has 1 aromatic carbocycles. The van der Waals surface area contributed by atoms with Crippen LogP contribution in [-0.2, 0) is 25.8 Å². The van der Waals surface area contributed by atoms with Crippen molar-refractivity contribution in [2.45, 2.75) is 77.7 Å². The van der Waals surface area contributed by atoms with Gasteiger partial charge in [0.15, 0.2) is 0 Å². The predicted molar refractivity (Wildman–Crippen MR) is 101 cm³/mol. The lowest BCUT2D eigenvalue weighted by atomic mass is 9.88. The fourth-order valence-electron chi connectivity index (χ4n) is 5.01. The summed E-state index contributed by atoms with van der Waals surface area (Å²) in [7, 11) is 1.83. The van der Waals surface area contributed by atoms with Gasteiger partial charge < -0.3 is 9.30 Å². The Morgan fingerprint density at radius 3 is 2.58 bits per heavy atom. The second kappa shape index (κ2) is 6.82. The third-order valence-electron chi connectivity index (χ3n) is 6.30. The first-order chi connectivity index (χ1) is 11.8. The minimum atomic E-state index is 0.866. The van der Waals surface area contributed by atoms with E-state index in [1.807, 2.05) is 7.11 Å². The molecule has 0 spiro atoms. The first-order valence-electron chi connectivity index (χ1n) is 10.0. The number of ether oxygens (including phenoxy) is 1. The van der Waals surface area contributed by atoms with Gasteiger partial charge in [-0.25, -0.2) is 0 Å². The van der Waals surface area contributed by atoms with E-state index >= 15 is 0 Å². The molecule has 24 heavy (non-hydrogen) atoms. The molecule has 0 amide bonds. The number of fused-ring (bicyclic) bond motifs is 3. The summed E-state index contributed by atoms with van der Waals surface area (Å²) in [5.41, 5.74) is 6.16. The molecule has 130 valence electrons. The molecule has 1 heterocycles. The van der Waals surface area contributed by atoms with Gasteiger partial charge in [0.1, 0.15) is 5.75 Å². The Balaban J connectivity index is 1.86. The maximum atomic E-state index is 5.78. The maximum absolute atomic E-state index is 5.78. The molecule has 4 rings (SSSR count). The number of hydrogen-bond donors (Lipinski definition) is 0. The number of hydrogen-bond acceptors (Lipinski definition) is 1. The Kier molecular flexibility index (Phi) is 4.56. The fourth-order valence-corrected chi connectivity index (χ4v) is 5.01. The minimum Gasteiger partial charge on any atom is -0.496 e. The highest BCUT2D eigenvalue weighted by atomic mass is 16.5. The van der Waals surface area contributed by atoms with Gasteiger partial charge in [-0.3, -0.25) is 0 Å². The van der Waals surface area contributed by atoms with Crippen LogP contribution in [0.3, 0.4) is 0 Å². The topological polar surface area (TPSA) is 14.2 Å². The van der Waals surface area contributed by atoms with Gasteiger partial charge in [0.25, 0.3) is 0 Å². The van der Waals surface area contributed by atoms with Crippen LogP contribution in [0.25, 0.3) is 10.9 Å². The van der Waals surface area contributed by atoms with Crippen LogP contribution in [0.15, 0.2) is 12.1 Å². The Labute approximate surface area is 146 Å². The van der Waals surface area contributed by atoms with Gasteiger partial charge in [0.2, 0.25) is 0 Å². The van der Waals surface area contributed by atoms with E-state index in [0.29, 0.717) is 0 Å². The number of rotatable bonds is 4. The van der Waals surface area contributed by atoms with Crippen LogP contribution in [0.5, 0.6) is 5.75 Å². The second-order valence-electron chi connectivity index (χ2n) is 7.79. The first kappa shape index (κ1) is 16.1. The normalized spacial score (nSPS) is 18.8. The quantitative estimate of drug-likeness (QED) is 0.706. The smallest absolute Gasteiger partial charge is 0.128 e. The third kappa shape index (κ3) is 2.74. The molecule has 0 N–H and O–H groups in total. The predicted octanol–water partition coefficient (Wildman–Crippen LogP) is 5.67. The van der Waals surface area contributed by atoms with Gasteiger partial charge in [-0.1, -0.05) is 26.2 Å².